The second-order valence-electron chi connectivity index (χ2n) is 3.68. The Morgan fingerprint density at radius 3 is 2.75 bits per heavy atom. The molecule has 0 amide bonds. The van der Waals surface area contributed by atoms with E-state index in [1.807, 2.05) is 12.1 Å². The highest BCUT2D eigenvalue weighted by Gasteiger charge is 2.07. The van der Waals surface area contributed by atoms with Gasteiger partial charge in [-0.3, -0.25) is 0 Å². The summed E-state index contributed by atoms with van der Waals surface area (Å²) in [6.45, 7) is 3.53. The van der Waals surface area contributed by atoms with Crippen LogP contribution in [0, 0.1) is 0 Å². The van der Waals surface area contributed by atoms with Crippen LogP contribution in [-0.2, 0) is 11.3 Å². The number of hydrogen-bond donors (Lipinski definition) is 1. The molecule has 16 heavy (non-hydrogen) atoms. The van der Waals surface area contributed by atoms with Gasteiger partial charge in [0, 0.05) is 29.7 Å². The van der Waals surface area contributed by atoms with Crippen LogP contribution in [0.25, 0.3) is 0 Å². The fourth-order valence-electron chi connectivity index (χ4n) is 1.46. The van der Waals surface area contributed by atoms with Crippen LogP contribution in [0.1, 0.15) is 18.9 Å². The highest BCUT2D eigenvalue weighted by molar-refractivity contribution is 6.33. The summed E-state index contributed by atoms with van der Waals surface area (Å²) in [5, 5.41) is 4.84. The first kappa shape index (κ1) is 13.8. The summed E-state index contributed by atoms with van der Waals surface area (Å²) in [7, 11) is 1.71. The van der Waals surface area contributed by atoms with E-state index in [-0.39, 0.29) is 0 Å². The molecule has 0 spiro atoms. The third-order valence-electron chi connectivity index (χ3n) is 2.45. The second kappa shape index (κ2) is 7.13. The summed E-state index contributed by atoms with van der Waals surface area (Å²) in [6.07, 6.45) is 1.02. The van der Waals surface area contributed by atoms with E-state index < -0.39 is 0 Å². The van der Waals surface area contributed by atoms with Gasteiger partial charge in [-0.2, -0.15) is 0 Å². The van der Waals surface area contributed by atoms with E-state index in [1.54, 1.807) is 13.2 Å². The van der Waals surface area contributed by atoms with Gasteiger partial charge in [-0.25, -0.2) is 0 Å². The monoisotopic (exact) mass is 261 g/mol. The molecule has 1 rings (SSSR count). The highest BCUT2D eigenvalue weighted by Crippen LogP contribution is 2.20. The van der Waals surface area contributed by atoms with Crippen LogP contribution in [0.4, 0.5) is 0 Å². The minimum atomic E-state index is 0.347. The van der Waals surface area contributed by atoms with Gasteiger partial charge in [-0.15, -0.1) is 0 Å². The van der Waals surface area contributed by atoms with Gasteiger partial charge in [0.1, 0.15) is 0 Å². The Morgan fingerprint density at radius 2 is 2.12 bits per heavy atom. The molecule has 2 nitrogen and oxygen atoms in total. The van der Waals surface area contributed by atoms with Gasteiger partial charge < -0.3 is 10.1 Å². The predicted octanol–water partition coefficient (Wildman–Crippen LogP) is 3.51. The lowest BCUT2D eigenvalue weighted by atomic mass is 10.2. The van der Waals surface area contributed by atoms with E-state index in [9.17, 15) is 0 Å². The van der Waals surface area contributed by atoms with Crippen molar-refractivity contribution in [2.24, 2.45) is 0 Å². The lowest BCUT2D eigenvalue weighted by Crippen LogP contribution is -2.32. The third kappa shape index (κ3) is 4.30. The van der Waals surface area contributed by atoms with Crippen molar-refractivity contribution in [3.63, 3.8) is 0 Å². The van der Waals surface area contributed by atoms with Gasteiger partial charge in [0.2, 0.25) is 0 Å². The van der Waals surface area contributed by atoms with E-state index in [4.69, 9.17) is 27.9 Å². The maximum absolute atomic E-state index is 6.07. The Bertz CT molecular complexity index is 331. The number of nitrogens with one attached hydrogen (secondary N) is 1. The van der Waals surface area contributed by atoms with E-state index >= 15 is 0 Å². The molecule has 0 heterocycles. The number of methoxy groups -OCH3 is 1. The lowest BCUT2D eigenvalue weighted by molar-refractivity contribution is 0.164. The van der Waals surface area contributed by atoms with Gasteiger partial charge in [0.15, 0.2) is 0 Å². The van der Waals surface area contributed by atoms with Crippen LogP contribution in [0.5, 0.6) is 0 Å². The Balaban J connectivity index is 2.55. The maximum Gasteiger partial charge on any atom is 0.0615 e. The molecule has 1 atom stereocenters. The van der Waals surface area contributed by atoms with Crippen molar-refractivity contribution in [2.75, 3.05) is 13.7 Å². The first-order chi connectivity index (χ1) is 7.67. The molecule has 0 saturated heterocycles. The molecule has 0 radical (unpaired) electrons. The normalized spacial score (nSPS) is 12.8. The average Bonchev–Trinajstić information content (AvgIpc) is 2.28. The van der Waals surface area contributed by atoms with Gasteiger partial charge in [0.05, 0.1) is 6.61 Å². The molecule has 0 bridgehead atoms. The fourth-order valence-corrected chi connectivity index (χ4v) is 1.83. The zero-order valence-electron chi connectivity index (χ0n) is 9.59. The van der Waals surface area contributed by atoms with Crippen molar-refractivity contribution in [1.29, 1.82) is 0 Å². The molecule has 0 saturated carbocycles. The quantitative estimate of drug-likeness (QED) is 0.847. The molecule has 0 aromatic heterocycles. The molecule has 0 fully saturated rings. The van der Waals surface area contributed by atoms with Crippen LogP contribution in [0.15, 0.2) is 18.2 Å². The van der Waals surface area contributed by atoms with E-state index in [2.05, 4.69) is 12.2 Å². The molecule has 4 heteroatoms. The molecule has 0 aliphatic heterocycles. The standard InChI is InChI=1S/C12H17Cl2NO/c1-3-11(8-16-2)15-7-9-6-10(13)4-5-12(9)14/h4-6,11,15H,3,7-8H2,1-2H3. The van der Waals surface area contributed by atoms with Crippen LogP contribution < -0.4 is 5.32 Å². The second-order valence-corrected chi connectivity index (χ2v) is 4.52. The lowest BCUT2D eigenvalue weighted by Gasteiger charge is -2.16. The van der Waals surface area contributed by atoms with Crippen molar-refractivity contribution in [1.82, 2.24) is 5.32 Å². The van der Waals surface area contributed by atoms with Crippen molar-refractivity contribution >= 4 is 23.2 Å². The van der Waals surface area contributed by atoms with Crippen LogP contribution >= 0.6 is 23.2 Å². The SMILES string of the molecule is CCC(COC)NCc1cc(Cl)ccc1Cl. The number of halogens is 2. The molecule has 0 aliphatic rings. The van der Waals surface area contributed by atoms with Gasteiger partial charge in [-0.1, -0.05) is 30.1 Å². The smallest absolute Gasteiger partial charge is 0.0615 e. The predicted molar refractivity (Wildman–Crippen MR) is 69.3 cm³/mol. The first-order valence-corrected chi connectivity index (χ1v) is 6.09. The molecular weight excluding hydrogens is 245 g/mol. The number of hydrogen-bond acceptors (Lipinski definition) is 2. The first-order valence-electron chi connectivity index (χ1n) is 5.33. The Labute approximate surface area is 107 Å². The number of benzene rings is 1. The summed E-state index contributed by atoms with van der Waals surface area (Å²) in [5.41, 5.74) is 1.02. The van der Waals surface area contributed by atoms with Crippen LogP contribution in [0.3, 0.4) is 0 Å². The van der Waals surface area contributed by atoms with E-state index in [1.165, 1.54) is 0 Å². The number of ether oxygens (including phenoxy) is 1. The van der Waals surface area contributed by atoms with Crippen molar-refractivity contribution in [3.05, 3.63) is 33.8 Å². The minimum absolute atomic E-state index is 0.347. The zero-order valence-corrected chi connectivity index (χ0v) is 11.1. The van der Waals surface area contributed by atoms with Crippen molar-refractivity contribution < 1.29 is 4.74 Å². The molecule has 90 valence electrons. The Morgan fingerprint density at radius 1 is 1.38 bits per heavy atom. The van der Waals surface area contributed by atoms with Crippen molar-refractivity contribution in [3.8, 4) is 0 Å². The molecule has 1 unspecified atom stereocenters. The molecule has 1 N–H and O–H groups in total. The fraction of sp³-hybridized carbons (Fsp3) is 0.500. The maximum atomic E-state index is 6.07. The molecular formula is C12H17Cl2NO. The van der Waals surface area contributed by atoms with E-state index in [0.717, 1.165) is 17.0 Å². The molecule has 1 aromatic carbocycles. The third-order valence-corrected chi connectivity index (χ3v) is 3.05. The van der Waals surface area contributed by atoms with Crippen molar-refractivity contribution in [2.45, 2.75) is 25.9 Å². The van der Waals surface area contributed by atoms with Crippen LogP contribution in [0.2, 0.25) is 10.0 Å². The summed E-state index contributed by atoms with van der Waals surface area (Å²) < 4.78 is 5.12. The summed E-state index contributed by atoms with van der Waals surface area (Å²) >= 11 is 12.0. The number of rotatable bonds is 6. The largest absolute Gasteiger partial charge is 0.383 e. The molecule has 1 aromatic rings. The Hall–Kier alpha value is -0.280. The van der Waals surface area contributed by atoms with Gasteiger partial charge >= 0.3 is 0 Å². The summed E-state index contributed by atoms with van der Waals surface area (Å²) in [6, 6.07) is 5.84. The highest BCUT2D eigenvalue weighted by atomic mass is 35.5. The van der Waals surface area contributed by atoms with Crippen LogP contribution in [-0.4, -0.2) is 19.8 Å². The summed E-state index contributed by atoms with van der Waals surface area (Å²) in [5.74, 6) is 0. The average molecular weight is 262 g/mol. The topological polar surface area (TPSA) is 21.3 Å². The van der Waals surface area contributed by atoms with Gasteiger partial charge in [-0.05, 0) is 30.2 Å². The molecule has 0 aliphatic carbocycles. The minimum Gasteiger partial charge on any atom is -0.383 e. The van der Waals surface area contributed by atoms with Gasteiger partial charge in [0.25, 0.3) is 0 Å². The summed E-state index contributed by atoms with van der Waals surface area (Å²) in [4.78, 5) is 0. The Kier molecular flexibility index (Phi) is 6.14. The van der Waals surface area contributed by atoms with E-state index in [0.29, 0.717) is 24.2 Å². The zero-order chi connectivity index (χ0) is 12.0.